The molecule has 17 heavy (non-hydrogen) atoms. The molecule has 0 atom stereocenters. The molecule has 1 saturated carbocycles. The van der Waals surface area contributed by atoms with E-state index >= 15 is 0 Å². The van der Waals surface area contributed by atoms with Crippen LogP contribution in [-0.2, 0) is 6.54 Å². The summed E-state index contributed by atoms with van der Waals surface area (Å²) in [7, 11) is 0. The zero-order chi connectivity index (χ0) is 12.1. The van der Waals surface area contributed by atoms with Gasteiger partial charge in [-0.15, -0.1) is 0 Å². The zero-order valence-corrected chi connectivity index (χ0v) is 11.0. The van der Waals surface area contributed by atoms with Crippen LogP contribution in [0.4, 0.5) is 0 Å². The predicted octanol–water partition coefficient (Wildman–Crippen LogP) is 3.02. The highest BCUT2D eigenvalue weighted by molar-refractivity contribution is 6.31. The third-order valence-corrected chi connectivity index (χ3v) is 3.18. The van der Waals surface area contributed by atoms with Gasteiger partial charge in [-0.05, 0) is 30.5 Å². The number of pyridine rings is 1. The van der Waals surface area contributed by atoms with Gasteiger partial charge >= 0.3 is 0 Å². The minimum atomic E-state index is 0.563. The molecule has 2 rings (SSSR count). The quantitative estimate of drug-likeness (QED) is 0.812. The molecule has 0 unspecified atom stereocenters. The van der Waals surface area contributed by atoms with Gasteiger partial charge in [-0.3, -0.25) is 0 Å². The second-order valence-electron chi connectivity index (χ2n) is 4.49. The van der Waals surface area contributed by atoms with Gasteiger partial charge in [-0.1, -0.05) is 31.4 Å². The minimum absolute atomic E-state index is 0.563. The normalized spacial score (nSPS) is 14.9. The van der Waals surface area contributed by atoms with Gasteiger partial charge in [-0.25, -0.2) is 4.98 Å². The molecule has 1 aromatic rings. The number of hydrogen-bond acceptors (Lipinski definition) is 3. The van der Waals surface area contributed by atoms with Gasteiger partial charge in [-0.2, -0.15) is 0 Å². The molecule has 0 aliphatic heterocycles. The molecule has 4 heteroatoms. The van der Waals surface area contributed by atoms with E-state index in [0.29, 0.717) is 10.9 Å². The summed E-state index contributed by atoms with van der Waals surface area (Å²) in [6.45, 7) is 4.54. The smallest absolute Gasteiger partial charge is 0.232 e. The molecule has 1 aliphatic carbocycles. The van der Waals surface area contributed by atoms with Crippen molar-refractivity contribution in [1.82, 2.24) is 10.3 Å². The van der Waals surface area contributed by atoms with E-state index in [1.165, 1.54) is 12.8 Å². The van der Waals surface area contributed by atoms with E-state index < -0.39 is 0 Å². The highest BCUT2D eigenvalue weighted by Crippen LogP contribution is 2.32. The molecule has 1 aromatic heterocycles. The van der Waals surface area contributed by atoms with Gasteiger partial charge in [0.1, 0.15) is 5.02 Å². The fourth-order valence-electron chi connectivity index (χ4n) is 1.67. The third kappa shape index (κ3) is 4.17. The molecule has 1 fully saturated rings. The van der Waals surface area contributed by atoms with E-state index in [1.807, 2.05) is 12.3 Å². The molecule has 0 radical (unpaired) electrons. The Morgan fingerprint density at radius 1 is 1.53 bits per heavy atom. The molecule has 1 heterocycles. The lowest BCUT2D eigenvalue weighted by atomic mass is 10.3. The number of hydrogen-bond donors (Lipinski definition) is 1. The van der Waals surface area contributed by atoms with Crippen LogP contribution < -0.4 is 10.1 Å². The van der Waals surface area contributed by atoms with Crippen molar-refractivity contribution in [2.75, 3.05) is 13.2 Å². The van der Waals surface area contributed by atoms with E-state index in [2.05, 4.69) is 17.2 Å². The number of nitrogens with zero attached hydrogens (tertiary/aromatic N) is 1. The molecule has 0 saturated heterocycles. The number of nitrogens with one attached hydrogen (secondary N) is 1. The first-order valence-electron chi connectivity index (χ1n) is 6.27. The Balaban J connectivity index is 1.83. The van der Waals surface area contributed by atoms with Gasteiger partial charge in [0.05, 0.1) is 6.61 Å². The molecule has 1 N–H and O–H groups in total. The molecular weight excluding hydrogens is 236 g/mol. The fraction of sp³-hybridized carbons (Fsp3) is 0.615. The van der Waals surface area contributed by atoms with Crippen molar-refractivity contribution in [3.05, 3.63) is 22.8 Å². The monoisotopic (exact) mass is 254 g/mol. The second-order valence-corrected chi connectivity index (χ2v) is 4.90. The van der Waals surface area contributed by atoms with Gasteiger partial charge in [0.25, 0.3) is 0 Å². The maximum absolute atomic E-state index is 6.12. The molecule has 0 amide bonds. The number of aromatic nitrogens is 1. The Labute approximate surface area is 108 Å². The Morgan fingerprint density at radius 2 is 2.35 bits per heavy atom. The summed E-state index contributed by atoms with van der Waals surface area (Å²) in [4.78, 5) is 4.25. The maximum Gasteiger partial charge on any atom is 0.232 e. The van der Waals surface area contributed by atoms with Crippen molar-refractivity contribution in [2.45, 2.75) is 32.7 Å². The van der Waals surface area contributed by atoms with Crippen LogP contribution in [-0.4, -0.2) is 18.1 Å². The van der Waals surface area contributed by atoms with Crippen LogP contribution in [0, 0.1) is 5.92 Å². The summed E-state index contributed by atoms with van der Waals surface area (Å²) in [6, 6.07) is 1.92. The number of rotatable bonds is 7. The zero-order valence-electron chi connectivity index (χ0n) is 10.2. The average molecular weight is 255 g/mol. The first-order valence-corrected chi connectivity index (χ1v) is 6.65. The third-order valence-electron chi connectivity index (χ3n) is 2.90. The van der Waals surface area contributed by atoms with Crippen LogP contribution in [0.5, 0.6) is 5.88 Å². The van der Waals surface area contributed by atoms with Crippen molar-refractivity contribution in [3.63, 3.8) is 0 Å². The number of halogens is 1. The van der Waals surface area contributed by atoms with Gasteiger partial charge in [0.2, 0.25) is 5.88 Å². The van der Waals surface area contributed by atoms with Crippen LogP contribution in [0.1, 0.15) is 31.7 Å². The van der Waals surface area contributed by atoms with E-state index in [0.717, 1.165) is 37.6 Å². The van der Waals surface area contributed by atoms with Crippen LogP contribution in [0.15, 0.2) is 12.3 Å². The SMILES string of the molecule is CCNCc1cnc(OCCC2CC2)c(Cl)c1. The Morgan fingerprint density at radius 3 is 3.00 bits per heavy atom. The summed E-state index contributed by atoms with van der Waals surface area (Å²) in [6.07, 6.45) is 5.65. The Kier molecular flexibility index (Phi) is 4.63. The van der Waals surface area contributed by atoms with Crippen molar-refractivity contribution >= 4 is 11.6 Å². The summed E-state index contributed by atoms with van der Waals surface area (Å²) >= 11 is 6.12. The summed E-state index contributed by atoms with van der Waals surface area (Å²) in [5.74, 6) is 1.44. The van der Waals surface area contributed by atoms with Crippen molar-refractivity contribution in [1.29, 1.82) is 0 Å². The second kappa shape index (κ2) is 6.22. The first kappa shape index (κ1) is 12.7. The van der Waals surface area contributed by atoms with Gasteiger partial charge in [0, 0.05) is 12.7 Å². The largest absolute Gasteiger partial charge is 0.477 e. The van der Waals surface area contributed by atoms with E-state index in [9.17, 15) is 0 Å². The minimum Gasteiger partial charge on any atom is -0.477 e. The summed E-state index contributed by atoms with van der Waals surface area (Å²) in [5, 5.41) is 3.85. The maximum atomic E-state index is 6.12. The lowest BCUT2D eigenvalue weighted by Gasteiger charge is -2.08. The standard InChI is InChI=1S/C13H19ClN2O/c1-2-15-8-11-7-12(14)13(16-9-11)17-6-5-10-3-4-10/h7,9-10,15H,2-6,8H2,1H3. The van der Waals surface area contributed by atoms with Crippen molar-refractivity contribution in [2.24, 2.45) is 5.92 Å². The van der Waals surface area contributed by atoms with Crippen LogP contribution >= 0.6 is 11.6 Å². The van der Waals surface area contributed by atoms with E-state index in [1.54, 1.807) is 0 Å². The lowest BCUT2D eigenvalue weighted by Crippen LogP contribution is -2.12. The Hall–Kier alpha value is -0.800. The molecule has 94 valence electrons. The molecule has 1 aliphatic rings. The Bertz CT molecular complexity index is 366. The first-order chi connectivity index (χ1) is 8.29. The predicted molar refractivity (Wildman–Crippen MR) is 69.5 cm³/mol. The fourth-order valence-corrected chi connectivity index (χ4v) is 1.91. The van der Waals surface area contributed by atoms with Gasteiger partial charge < -0.3 is 10.1 Å². The molecule has 3 nitrogen and oxygen atoms in total. The average Bonchev–Trinajstić information content (AvgIpc) is 3.13. The molecule has 0 spiro atoms. The van der Waals surface area contributed by atoms with E-state index in [-0.39, 0.29) is 0 Å². The topological polar surface area (TPSA) is 34.2 Å². The highest BCUT2D eigenvalue weighted by Gasteiger charge is 2.20. The molecule has 0 bridgehead atoms. The highest BCUT2D eigenvalue weighted by atomic mass is 35.5. The van der Waals surface area contributed by atoms with Crippen molar-refractivity contribution < 1.29 is 4.74 Å². The molecule has 0 aromatic carbocycles. The summed E-state index contributed by atoms with van der Waals surface area (Å²) in [5.41, 5.74) is 1.09. The van der Waals surface area contributed by atoms with Crippen LogP contribution in [0.3, 0.4) is 0 Å². The van der Waals surface area contributed by atoms with Crippen LogP contribution in [0.25, 0.3) is 0 Å². The molecular formula is C13H19ClN2O. The van der Waals surface area contributed by atoms with Crippen molar-refractivity contribution in [3.8, 4) is 5.88 Å². The summed E-state index contributed by atoms with van der Waals surface area (Å²) < 4.78 is 5.58. The van der Waals surface area contributed by atoms with Gasteiger partial charge in [0.15, 0.2) is 0 Å². The number of ether oxygens (including phenoxy) is 1. The van der Waals surface area contributed by atoms with E-state index in [4.69, 9.17) is 16.3 Å². The van der Waals surface area contributed by atoms with Crippen LogP contribution in [0.2, 0.25) is 5.02 Å². The lowest BCUT2D eigenvalue weighted by molar-refractivity contribution is 0.291.